The molecule has 17 heavy (non-hydrogen) atoms. The Labute approximate surface area is 101 Å². The van der Waals surface area contributed by atoms with Crippen molar-refractivity contribution in [2.75, 3.05) is 5.73 Å². The van der Waals surface area contributed by atoms with Crippen LogP contribution in [-0.4, -0.2) is 24.2 Å². The van der Waals surface area contributed by atoms with Crippen molar-refractivity contribution in [1.29, 1.82) is 0 Å². The van der Waals surface area contributed by atoms with Gasteiger partial charge in [0.2, 0.25) is 10.0 Å². The van der Waals surface area contributed by atoms with Gasteiger partial charge < -0.3 is 5.73 Å². The van der Waals surface area contributed by atoms with E-state index < -0.39 is 10.0 Å². The number of sulfonamides is 1. The standard InChI is InChI=1S/C10H16N4O2S/c1-14-7-9(10(11)12-14)17(15,16)13-8-5-3-2-4-6-8/h2-3,7-8,13H,4-6H2,1H3,(H2,11,12). The van der Waals surface area contributed by atoms with Crippen LogP contribution in [0.1, 0.15) is 19.3 Å². The number of hydrogen-bond donors (Lipinski definition) is 2. The van der Waals surface area contributed by atoms with Gasteiger partial charge in [-0.3, -0.25) is 4.68 Å². The van der Waals surface area contributed by atoms with Gasteiger partial charge in [-0.1, -0.05) is 12.2 Å². The zero-order valence-electron chi connectivity index (χ0n) is 9.63. The van der Waals surface area contributed by atoms with Crippen LogP contribution in [0.15, 0.2) is 23.2 Å². The summed E-state index contributed by atoms with van der Waals surface area (Å²) >= 11 is 0. The Kier molecular flexibility index (Phi) is 3.21. The first-order valence-electron chi connectivity index (χ1n) is 5.45. The van der Waals surface area contributed by atoms with Gasteiger partial charge in [-0.05, 0) is 19.3 Å². The van der Waals surface area contributed by atoms with Crippen molar-refractivity contribution in [2.24, 2.45) is 7.05 Å². The van der Waals surface area contributed by atoms with Crippen LogP contribution in [0.3, 0.4) is 0 Å². The highest BCUT2D eigenvalue weighted by Gasteiger charge is 2.24. The van der Waals surface area contributed by atoms with Crippen molar-refractivity contribution >= 4 is 15.8 Å². The number of anilines is 1. The lowest BCUT2D eigenvalue weighted by atomic mass is 10.0. The molecule has 0 aromatic carbocycles. The maximum atomic E-state index is 12.1. The summed E-state index contributed by atoms with van der Waals surface area (Å²) in [6, 6.07) is -0.0513. The predicted octanol–water partition coefficient (Wildman–Crippen LogP) is 0.389. The monoisotopic (exact) mass is 256 g/mol. The van der Waals surface area contributed by atoms with Crippen LogP contribution in [0.5, 0.6) is 0 Å². The molecule has 7 heteroatoms. The number of nitrogens with zero attached hydrogens (tertiary/aromatic N) is 2. The molecular weight excluding hydrogens is 240 g/mol. The molecule has 94 valence electrons. The predicted molar refractivity (Wildman–Crippen MR) is 64.7 cm³/mol. The van der Waals surface area contributed by atoms with Crippen molar-refractivity contribution in [1.82, 2.24) is 14.5 Å². The van der Waals surface area contributed by atoms with Gasteiger partial charge in [-0.25, -0.2) is 13.1 Å². The average molecular weight is 256 g/mol. The van der Waals surface area contributed by atoms with E-state index in [0.717, 1.165) is 19.3 Å². The van der Waals surface area contributed by atoms with Crippen molar-refractivity contribution in [2.45, 2.75) is 30.2 Å². The van der Waals surface area contributed by atoms with Gasteiger partial charge >= 0.3 is 0 Å². The SMILES string of the molecule is Cn1cc(S(=O)(=O)NC2CC=CCC2)c(N)n1. The quantitative estimate of drug-likeness (QED) is 0.765. The molecule has 1 atom stereocenters. The topological polar surface area (TPSA) is 90.0 Å². The van der Waals surface area contributed by atoms with Crippen LogP contribution in [0.2, 0.25) is 0 Å². The minimum absolute atomic E-state index is 0.0337. The summed E-state index contributed by atoms with van der Waals surface area (Å²) in [4.78, 5) is 0.0505. The van der Waals surface area contributed by atoms with E-state index in [9.17, 15) is 8.42 Å². The van der Waals surface area contributed by atoms with Crippen molar-refractivity contribution in [3.63, 3.8) is 0 Å². The number of aromatic nitrogens is 2. The third-order valence-electron chi connectivity index (χ3n) is 2.70. The number of nitrogens with two attached hydrogens (primary N) is 1. The molecule has 3 N–H and O–H groups in total. The lowest BCUT2D eigenvalue weighted by Crippen LogP contribution is -2.35. The molecule has 1 heterocycles. The second kappa shape index (κ2) is 4.50. The highest BCUT2D eigenvalue weighted by molar-refractivity contribution is 7.89. The fraction of sp³-hybridized carbons (Fsp3) is 0.500. The van der Waals surface area contributed by atoms with Crippen LogP contribution >= 0.6 is 0 Å². The maximum absolute atomic E-state index is 12.1. The molecule has 0 bridgehead atoms. The lowest BCUT2D eigenvalue weighted by molar-refractivity contribution is 0.522. The fourth-order valence-corrected chi connectivity index (χ4v) is 3.26. The number of hydrogen-bond acceptors (Lipinski definition) is 4. The number of aryl methyl sites for hydroxylation is 1. The minimum atomic E-state index is -3.56. The van der Waals surface area contributed by atoms with Crippen molar-refractivity contribution < 1.29 is 8.42 Å². The Balaban J connectivity index is 2.19. The van der Waals surface area contributed by atoms with E-state index >= 15 is 0 Å². The van der Waals surface area contributed by atoms with Gasteiger partial charge in [0.25, 0.3) is 0 Å². The molecule has 1 aromatic heterocycles. The highest BCUT2D eigenvalue weighted by Crippen LogP contribution is 2.18. The Morgan fingerprint density at radius 1 is 1.53 bits per heavy atom. The first-order valence-corrected chi connectivity index (χ1v) is 6.94. The first-order chi connectivity index (χ1) is 7.99. The Hall–Kier alpha value is -1.34. The number of nitrogens with one attached hydrogen (secondary N) is 1. The fourth-order valence-electron chi connectivity index (χ4n) is 1.87. The van der Waals surface area contributed by atoms with Crippen LogP contribution in [-0.2, 0) is 17.1 Å². The number of rotatable bonds is 3. The molecule has 0 saturated carbocycles. The normalized spacial score (nSPS) is 20.6. The summed E-state index contributed by atoms with van der Waals surface area (Å²) in [7, 11) is -1.92. The number of allylic oxidation sites excluding steroid dienone is 1. The van der Waals surface area contributed by atoms with E-state index in [1.807, 2.05) is 6.08 Å². The molecule has 6 nitrogen and oxygen atoms in total. The molecule has 0 aliphatic heterocycles. The minimum Gasteiger partial charge on any atom is -0.381 e. The molecular formula is C10H16N4O2S. The molecule has 1 aromatic rings. The van der Waals surface area contributed by atoms with Gasteiger partial charge in [0.15, 0.2) is 5.82 Å². The second-order valence-electron chi connectivity index (χ2n) is 4.15. The van der Waals surface area contributed by atoms with E-state index in [-0.39, 0.29) is 16.8 Å². The lowest BCUT2D eigenvalue weighted by Gasteiger charge is -2.18. The van der Waals surface area contributed by atoms with Gasteiger partial charge in [0.1, 0.15) is 4.90 Å². The summed E-state index contributed by atoms with van der Waals surface area (Å²) < 4.78 is 28.2. The average Bonchev–Trinajstić information content (AvgIpc) is 2.59. The molecule has 0 fully saturated rings. The third-order valence-corrected chi connectivity index (χ3v) is 4.24. The molecule has 2 rings (SSSR count). The molecule has 1 aliphatic rings. The smallest absolute Gasteiger partial charge is 0.246 e. The van der Waals surface area contributed by atoms with Crippen LogP contribution in [0, 0.1) is 0 Å². The van der Waals surface area contributed by atoms with Gasteiger partial charge in [0, 0.05) is 19.3 Å². The van der Waals surface area contributed by atoms with Crippen LogP contribution in [0.4, 0.5) is 5.82 Å². The van der Waals surface area contributed by atoms with Crippen LogP contribution < -0.4 is 10.5 Å². The molecule has 1 unspecified atom stereocenters. The van der Waals surface area contributed by atoms with E-state index in [4.69, 9.17) is 5.73 Å². The van der Waals surface area contributed by atoms with Crippen LogP contribution in [0.25, 0.3) is 0 Å². The second-order valence-corrected chi connectivity index (χ2v) is 5.84. The Morgan fingerprint density at radius 2 is 2.29 bits per heavy atom. The molecule has 0 spiro atoms. The Bertz CT molecular complexity index is 533. The van der Waals surface area contributed by atoms with E-state index in [1.54, 1.807) is 7.05 Å². The van der Waals surface area contributed by atoms with E-state index in [2.05, 4.69) is 15.9 Å². The van der Waals surface area contributed by atoms with Gasteiger partial charge in [-0.2, -0.15) is 5.10 Å². The highest BCUT2D eigenvalue weighted by atomic mass is 32.2. The summed E-state index contributed by atoms with van der Waals surface area (Å²) in [6.45, 7) is 0. The molecule has 0 radical (unpaired) electrons. The van der Waals surface area contributed by atoms with E-state index in [0.29, 0.717) is 0 Å². The van der Waals surface area contributed by atoms with Gasteiger partial charge in [-0.15, -0.1) is 0 Å². The summed E-state index contributed by atoms with van der Waals surface area (Å²) in [6.07, 6.45) is 7.90. The first kappa shape index (κ1) is 12.1. The molecule has 0 amide bonds. The summed E-state index contributed by atoms with van der Waals surface area (Å²) in [5, 5.41) is 3.83. The molecule has 0 saturated heterocycles. The third kappa shape index (κ3) is 2.67. The van der Waals surface area contributed by atoms with Crippen molar-refractivity contribution in [3.05, 3.63) is 18.3 Å². The molecule has 1 aliphatic carbocycles. The largest absolute Gasteiger partial charge is 0.381 e. The van der Waals surface area contributed by atoms with Crippen molar-refractivity contribution in [3.8, 4) is 0 Å². The number of nitrogen functional groups attached to an aromatic ring is 1. The van der Waals surface area contributed by atoms with Gasteiger partial charge in [0.05, 0.1) is 0 Å². The van der Waals surface area contributed by atoms with E-state index in [1.165, 1.54) is 10.9 Å². The zero-order chi connectivity index (χ0) is 12.5. The maximum Gasteiger partial charge on any atom is 0.246 e. The summed E-state index contributed by atoms with van der Waals surface area (Å²) in [5.41, 5.74) is 5.57. The Morgan fingerprint density at radius 3 is 2.82 bits per heavy atom. The summed E-state index contributed by atoms with van der Waals surface area (Å²) in [5.74, 6) is 0.0337. The zero-order valence-corrected chi connectivity index (χ0v) is 10.4.